The molecule has 0 aromatic carbocycles. The van der Waals surface area contributed by atoms with Gasteiger partial charge in [-0.1, -0.05) is 0 Å². The van der Waals surface area contributed by atoms with E-state index in [1.54, 1.807) is 6.92 Å². The standard InChI is InChI=1S/C9H9F3N2O/c1-2-15-4-3-8-13-5-7(6-14-8)9(10,11)12/h3-6H,2H2,1H3. The monoisotopic (exact) mass is 218 g/mol. The fourth-order valence-corrected chi connectivity index (χ4v) is 0.776. The number of hydrogen-bond acceptors (Lipinski definition) is 3. The molecule has 15 heavy (non-hydrogen) atoms. The van der Waals surface area contributed by atoms with Crippen LogP contribution in [0.1, 0.15) is 18.3 Å². The van der Waals surface area contributed by atoms with Crippen molar-refractivity contribution >= 4 is 6.08 Å². The van der Waals surface area contributed by atoms with Gasteiger partial charge in [-0.3, -0.25) is 0 Å². The van der Waals surface area contributed by atoms with Gasteiger partial charge < -0.3 is 4.74 Å². The summed E-state index contributed by atoms with van der Waals surface area (Å²) in [6.45, 7) is 2.27. The van der Waals surface area contributed by atoms with Gasteiger partial charge in [0.15, 0.2) is 5.82 Å². The molecule has 0 unspecified atom stereocenters. The Hall–Kier alpha value is -1.59. The Bertz CT molecular complexity index is 332. The summed E-state index contributed by atoms with van der Waals surface area (Å²) in [4.78, 5) is 7.04. The van der Waals surface area contributed by atoms with Crippen molar-refractivity contribution in [2.45, 2.75) is 13.1 Å². The SMILES string of the molecule is CCOC=Cc1ncc(C(F)(F)F)cn1. The highest BCUT2D eigenvalue weighted by molar-refractivity contribution is 5.37. The summed E-state index contributed by atoms with van der Waals surface area (Å²) in [7, 11) is 0. The van der Waals surface area contributed by atoms with E-state index in [1.807, 2.05) is 0 Å². The van der Waals surface area contributed by atoms with Crippen LogP contribution in [0.2, 0.25) is 0 Å². The first-order chi connectivity index (χ1) is 7.04. The van der Waals surface area contributed by atoms with E-state index in [0.29, 0.717) is 6.61 Å². The van der Waals surface area contributed by atoms with Crippen molar-refractivity contribution in [2.24, 2.45) is 0 Å². The molecule has 1 aromatic rings. The largest absolute Gasteiger partial charge is 0.501 e. The molecule has 0 aliphatic carbocycles. The number of aromatic nitrogens is 2. The van der Waals surface area contributed by atoms with Crippen molar-refractivity contribution in [1.29, 1.82) is 0 Å². The maximum absolute atomic E-state index is 12.1. The van der Waals surface area contributed by atoms with Gasteiger partial charge >= 0.3 is 6.18 Å². The Morgan fingerprint density at radius 2 is 1.93 bits per heavy atom. The van der Waals surface area contributed by atoms with E-state index in [9.17, 15) is 13.2 Å². The van der Waals surface area contributed by atoms with Gasteiger partial charge in [0.2, 0.25) is 0 Å². The second-order valence-electron chi connectivity index (χ2n) is 2.59. The molecular formula is C9H9F3N2O. The third-order valence-corrected chi connectivity index (χ3v) is 1.48. The summed E-state index contributed by atoms with van der Waals surface area (Å²) in [5.74, 6) is 0.177. The lowest BCUT2D eigenvalue weighted by atomic mass is 10.3. The molecule has 82 valence electrons. The smallest absolute Gasteiger partial charge is 0.419 e. The van der Waals surface area contributed by atoms with Gasteiger partial charge in [-0.2, -0.15) is 13.2 Å². The second-order valence-corrected chi connectivity index (χ2v) is 2.59. The number of ether oxygens (including phenoxy) is 1. The van der Waals surface area contributed by atoms with Gasteiger partial charge in [0, 0.05) is 18.5 Å². The van der Waals surface area contributed by atoms with Crippen molar-refractivity contribution < 1.29 is 17.9 Å². The molecule has 0 saturated carbocycles. The fraction of sp³-hybridized carbons (Fsp3) is 0.333. The van der Waals surface area contributed by atoms with Crippen LogP contribution < -0.4 is 0 Å². The van der Waals surface area contributed by atoms with Gasteiger partial charge in [-0.05, 0) is 6.92 Å². The van der Waals surface area contributed by atoms with Crippen molar-refractivity contribution in [1.82, 2.24) is 9.97 Å². The molecule has 1 heterocycles. The Morgan fingerprint density at radius 3 is 2.40 bits per heavy atom. The Kier molecular flexibility index (Phi) is 3.65. The van der Waals surface area contributed by atoms with E-state index >= 15 is 0 Å². The van der Waals surface area contributed by atoms with Crippen LogP contribution in [-0.4, -0.2) is 16.6 Å². The summed E-state index contributed by atoms with van der Waals surface area (Å²) in [6, 6.07) is 0. The van der Waals surface area contributed by atoms with Crippen LogP contribution in [0.15, 0.2) is 18.7 Å². The van der Waals surface area contributed by atoms with Gasteiger partial charge in [0.1, 0.15) is 0 Å². The van der Waals surface area contributed by atoms with Crippen molar-refractivity contribution in [3.05, 3.63) is 30.0 Å². The van der Waals surface area contributed by atoms with E-state index < -0.39 is 11.7 Å². The average Bonchev–Trinajstić information content (AvgIpc) is 2.18. The first-order valence-corrected chi connectivity index (χ1v) is 4.21. The highest BCUT2D eigenvalue weighted by Crippen LogP contribution is 2.27. The molecule has 0 radical (unpaired) electrons. The number of rotatable bonds is 3. The van der Waals surface area contributed by atoms with Gasteiger partial charge in [0.05, 0.1) is 18.4 Å². The zero-order valence-electron chi connectivity index (χ0n) is 7.95. The predicted octanol–water partition coefficient (Wildman–Crippen LogP) is 2.50. The fourth-order valence-electron chi connectivity index (χ4n) is 0.776. The topological polar surface area (TPSA) is 35.0 Å². The van der Waals surface area contributed by atoms with E-state index in [2.05, 4.69) is 9.97 Å². The quantitative estimate of drug-likeness (QED) is 0.731. The van der Waals surface area contributed by atoms with E-state index in [-0.39, 0.29) is 5.82 Å². The maximum Gasteiger partial charge on any atom is 0.419 e. The predicted molar refractivity (Wildman–Crippen MR) is 47.7 cm³/mol. The molecule has 0 saturated heterocycles. The van der Waals surface area contributed by atoms with E-state index in [0.717, 1.165) is 12.4 Å². The van der Waals surface area contributed by atoms with Crippen molar-refractivity contribution in [3.63, 3.8) is 0 Å². The first-order valence-electron chi connectivity index (χ1n) is 4.21. The molecule has 1 rings (SSSR count). The lowest BCUT2D eigenvalue weighted by Gasteiger charge is -2.04. The third-order valence-electron chi connectivity index (χ3n) is 1.48. The molecule has 0 aliphatic heterocycles. The lowest BCUT2D eigenvalue weighted by molar-refractivity contribution is -0.138. The zero-order chi connectivity index (χ0) is 11.3. The molecule has 0 bridgehead atoms. The summed E-state index contributed by atoms with van der Waals surface area (Å²) in [5.41, 5.74) is -0.865. The highest BCUT2D eigenvalue weighted by Gasteiger charge is 2.31. The molecule has 1 aromatic heterocycles. The molecular weight excluding hydrogens is 209 g/mol. The van der Waals surface area contributed by atoms with Crippen LogP contribution in [0.5, 0.6) is 0 Å². The summed E-state index contributed by atoms with van der Waals surface area (Å²) in [6.07, 6.45) is -0.203. The lowest BCUT2D eigenvalue weighted by Crippen LogP contribution is -2.06. The second kappa shape index (κ2) is 4.77. The minimum atomic E-state index is -4.40. The number of nitrogens with zero attached hydrogens (tertiary/aromatic N) is 2. The Balaban J connectivity index is 2.73. The van der Waals surface area contributed by atoms with E-state index in [4.69, 9.17) is 4.74 Å². The van der Waals surface area contributed by atoms with Crippen LogP contribution in [0.25, 0.3) is 6.08 Å². The molecule has 0 aliphatic rings. The maximum atomic E-state index is 12.1. The summed E-state index contributed by atoms with van der Waals surface area (Å²) >= 11 is 0. The third kappa shape index (κ3) is 3.57. The molecule has 0 fully saturated rings. The molecule has 0 atom stereocenters. The van der Waals surface area contributed by atoms with Gasteiger partial charge in [-0.15, -0.1) is 0 Å². The zero-order valence-corrected chi connectivity index (χ0v) is 7.95. The molecule has 6 heteroatoms. The number of hydrogen-bond donors (Lipinski definition) is 0. The van der Waals surface area contributed by atoms with Crippen LogP contribution in [-0.2, 0) is 10.9 Å². The molecule has 0 amide bonds. The summed E-state index contributed by atoms with van der Waals surface area (Å²) in [5, 5.41) is 0. The van der Waals surface area contributed by atoms with Crippen LogP contribution in [0.4, 0.5) is 13.2 Å². The van der Waals surface area contributed by atoms with Crippen LogP contribution in [0.3, 0.4) is 0 Å². The van der Waals surface area contributed by atoms with Gasteiger partial charge in [-0.25, -0.2) is 9.97 Å². The van der Waals surface area contributed by atoms with Crippen molar-refractivity contribution in [2.75, 3.05) is 6.61 Å². The molecule has 0 spiro atoms. The summed E-state index contributed by atoms with van der Waals surface area (Å²) < 4.78 is 41.2. The Morgan fingerprint density at radius 1 is 1.33 bits per heavy atom. The first kappa shape index (κ1) is 11.5. The molecule has 0 N–H and O–H groups in total. The van der Waals surface area contributed by atoms with E-state index in [1.165, 1.54) is 12.3 Å². The normalized spacial score (nSPS) is 12.0. The Labute approximate surface area is 84.6 Å². The van der Waals surface area contributed by atoms with Crippen LogP contribution >= 0.6 is 0 Å². The van der Waals surface area contributed by atoms with Crippen molar-refractivity contribution in [3.8, 4) is 0 Å². The van der Waals surface area contributed by atoms with Crippen LogP contribution in [0, 0.1) is 0 Å². The van der Waals surface area contributed by atoms with Gasteiger partial charge in [0.25, 0.3) is 0 Å². The average molecular weight is 218 g/mol. The number of alkyl halides is 3. The minimum absolute atomic E-state index is 0.177. The molecule has 3 nitrogen and oxygen atoms in total. The highest BCUT2D eigenvalue weighted by atomic mass is 19.4. The minimum Gasteiger partial charge on any atom is -0.501 e. The number of halogens is 3.